The van der Waals surface area contributed by atoms with E-state index in [4.69, 9.17) is 9.84 Å². The molecule has 0 bridgehead atoms. The van der Waals surface area contributed by atoms with E-state index in [1.807, 2.05) is 24.3 Å². The van der Waals surface area contributed by atoms with Gasteiger partial charge in [0.25, 0.3) is 0 Å². The second-order valence-electron chi connectivity index (χ2n) is 3.82. The van der Waals surface area contributed by atoms with E-state index in [0.29, 0.717) is 6.42 Å². The summed E-state index contributed by atoms with van der Waals surface area (Å²) >= 11 is 1.47. The van der Waals surface area contributed by atoms with Crippen LogP contribution in [-0.2, 0) is 11.2 Å². The Bertz CT molecular complexity index is 604. The number of para-hydroxylation sites is 1. The van der Waals surface area contributed by atoms with Crippen LogP contribution < -0.4 is 4.74 Å². The molecule has 19 heavy (non-hydrogen) atoms. The molecule has 1 heterocycles. The van der Waals surface area contributed by atoms with Crippen molar-refractivity contribution in [2.75, 3.05) is 7.11 Å². The Morgan fingerprint density at radius 2 is 2.26 bits per heavy atom. The van der Waals surface area contributed by atoms with Gasteiger partial charge in [-0.1, -0.05) is 18.2 Å². The molecule has 0 aliphatic rings. The third-order valence-corrected chi connectivity index (χ3v) is 3.46. The van der Waals surface area contributed by atoms with Gasteiger partial charge in [-0.15, -0.1) is 11.3 Å². The van der Waals surface area contributed by atoms with Gasteiger partial charge in [-0.2, -0.15) is 0 Å². The van der Waals surface area contributed by atoms with E-state index in [0.717, 1.165) is 27.3 Å². The summed E-state index contributed by atoms with van der Waals surface area (Å²) in [5, 5.41) is 9.49. The van der Waals surface area contributed by atoms with Crippen molar-refractivity contribution in [3.05, 3.63) is 52.0 Å². The summed E-state index contributed by atoms with van der Waals surface area (Å²) in [4.78, 5) is 15.5. The molecule has 4 nitrogen and oxygen atoms in total. The number of carboxylic acids is 1. The van der Waals surface area contributed by atoms with E-state index in [1.165, 1.54) is 11.3 Å². The van der Waals surface area contributed by atoms with Crippen molar-refractivity contribution in [3.8, 4) is 5.75 Å². The SMILES string of the molecule is COc1ccccc1Cc1ncc(/C=C/C(=O)O)s1. The Kier molecular flexibility index (Phi) is 4.30. The summed E-state index contributed by atoms with van der Waals surface area (Å²) in [6.07, 6.45) is 5.01. The third kappa shape index (κ3) is 3.66. The zero-order valence-corrected chi connectivity index (χ0v) is 11.2. The van der Waals surface area contributed by atoms with Crippen LogP contribution in [0.3, 0.4) is 0 Å². The van der Waals surface area contributed by atoms with Crippen LogP contribution in [-0.4, -0.2) is 23.2 Å². The standard InChI is InChI=1S/C14H13NO3S/c1-18-12-5-3-2-4-10(12)8-13-15-9-11(19-13)6-7-14(16)17/h2-7,9H,8H2,1H3,(H,16,17)/b7-6+. The molecular weight excluding hydrogens is 262 g/mol. The summed E-state index contributed by atoms with van der Waals surface area (Å²) in [6.45, 7) is 0. The number of ether oxygens (including phenoxy) is 1. The highest BCUT2D eigenvalue weighted by Gasteiger charge is 2.06. The molecule has 98 valence electrons. The fourth-order valence-corrected chi connectivity index (χ4v) is 2.50. The molecule has 5 heteroatoms. The van der Waals surface area contributed by atoms with E-state index >= 15 is 0 Å². The lowest BCUT2D eigenvalue weighted by Crippen LogP contribution is -1.92. The number of rotatable bonds is 5. The van der Waals surface area contributed by atoms with Crippen molar-refractivity contribution in [2.45, 2.75) is 6.42 Å². The first-order valence-corrected chi connectivity index (χ1v) is 6.48. The van der Waals surface area contributed by atoms with Gasteiger partial charge >= 0.3 is 5.97 Å². The maximum absolute atomic E-state index is 10.4. The van der Waals surface area contributed by atoms with Gasteiger partial charge in [0, 0.05) is 29.1 Å². The molecule has 1 aromatic carbocycles. The Labute approximate surface area is 115 Å². The average Bonchev–Trinajstić information content (AvgIpc) is 2.85. The first-order valence-electron chi connectivity index (χ1n) is 5.66. The van der Waals surface area contributed by atoms with Crippen molar-refractivity contribution in [1.29, 1.82) is 0 Å². The number of nitrogens with zero attached hydrogens (tertiary/aromatic N) is 1. The number of hydrogen-bond donors (Lipinski definition) is 1. The summed E-state index contributed by atoms with van der Waals surface area (Å²) in [5.74, 6) is -0.125. The van der Waals surface area contributed by atoms with E-state index in [-0.39, 0.29) is 0 Å². The molecule has 0 saturated heterocycles. The van der Waals surface area contributed by atoms with E-state index in [2.05, 4.69) is 4.98 Å². The van der Waals surface area contributed by atoms with Crippen molar-refractivity contribution in [1.82, 2.24) is 4.98 Å². The number of aromatic nitrogens is 1. The predicted octanol–water partition coefficient (Wildman–Crippen LogP) is 2.84. The average molecular weight is 275 g/mol. The Balaban J connectivity index is 2.13. The number of thiazole rings is 1. The quantitative estimate of drug-likeness (QED) is 0.852. The highest BCUT2D eigenvalue weighted by molar-refractivity contribution is 7.12. The second-order valence-corrected chi connectivity index (χ2v) is 4.96. The Hall–Kier alpha value is -2.14. The molecule has 0 unspecified atom stereocenters. The number of aliphatic carboxylic acids is 1. The van der Waals surface area contributed by atoms with Crippen molar-refractivity contribution in [3.63, 3.8) is 0 Å². The van der Waals surface area contributed by atoms with Crippen LogP contribution in [0.1, 0.15) is 15.4 Å². The Morgan fingerprint density at radius 1 is 1.47 bits per heavy atom. The number of benzene rings is 1. The normalized spacial score (nSPS) is 10.8. The molecule has 0 spiro atoms. The van der Waals surface area contributed by atoms with Gasteiger partial charge in [0.05, 0.1) is 12.1 Å². The molecule has 2 rings (SSSR count). The van der Waals surface area contributed by atoms with Crippen molar-refractivity contribution < 1.29 is 14.6 Å². The topological polar surface area (TPSA) is 59.4 Å². The first-order chi connectivity index (χ1) is 9.19. The Morgan fingerprint density at radius 3 is 3.00 bits per heavy atom. The van der Waals surface area contributed by atoms with Crippen LogP contribution in [0.15, 0.2) is 36.5 Å². The van der Waals surface area contributed by atoms with Gasteiger partial charge in [-0.25, -0.2) is 9.78 Å². The number of hydrogen-bond acceptors (Lipinski definition) is 4. The minimum Gasteiger partial charge on any atom is -0.496 e. The second kappa shape index (κ2) is 6.15. The van der Waals surface area contributed by atoms with Crippen LogP contribution in [0.25, 0.3) is 6.08 Å². The summed E-state index contributed by atoms with van der Waals surface area (Å²) in [6, 6.07) is 7.78. The van der Waals surface area contributed by atoms with Crippen LogP contribution in [0.4, 0.5) is 0 Å². The highest BCUT2D eigenvalue weighted by Crippen LogP contribution is 2.23. The summed E-state index contributed by atoms with van der Waals surface area (Å²) < 4.78 is 5.29. The lowest BCUT2D eigenvalue weighted by molar-refractivity contribution is -0.131. The van der Waals surface area contributed by atoms with Crippen LogP contribution in [0.5, 0.6) is 5.75 Å². The molecule has 0 atom stereocenters. The van der Waals surface area contributed by atoms with Gasteiger partial charge < -0.3 is 9.84 Å². The van der Waals surface area contributed by atoms with Gasteiger partial charge in [0.1, 0.15) is 5.75 Å². The zero-order chi connectivity index (χ0) is 13.7. The third-order valence-electron chi connectivity index (χ3n) is 2.50. The van der Waals surface area contributed by atoms with E-state index in [9.17, 15) is 4.79 Å². The maximum Gasteiger partial charge on any atom is 0.328 e. The monoisotopic (exact) mass is 275 g/mol. The minimum absolute atomic E-state index is 0.676. The smallest absolute Gasteiger partial charge is 0.328 e. The molecule has 2 aromatic rings. The fraction of sp³-hybridized carbons (Fsp3) is 0.143. The molecule has 0 fully saturated rings. The predicted molar refractivity (Wildman–Crippen MR) is 74.6 cm³/mol. The van der Waals surface area contributed by atoms with Gasteiger partial charge in [0.15, 0.2) is 0 Å². The van der Waals surface area contributed by atoms with Gasteiger partial charge in [-0.05, 0) is 12.1 Å². The molecule has 0 amide bonds. The summed E-state index contributed by atoms with van der Waals surface area (Å²) in [7, 11) is 1.64. The van der Waals surface area contributed by atoms with Gasteiger partial charge in [0.2, 0.25) is 0 Å². The van der Waals surface area contributed by atoms with Crippen molar-refractivity contribution >= 4 is 23.4 Å². The van der Waals surface area contributed by atoms with E-state index in [1.54, 1.807) is 19.4 Å². The summed E-state index contributed by atoms with van der Waals surface area (Å²) in [5.41, 5.74) is 1.06. The van der Waals surface area contributed by atoms with Crippen molar-refractivity contribution in [2.24, 2.45) is 0 Å². The number of methoxy groups -OCH3 is 1. The van der Waals surface area contributed by atoms with Gasteiger partial charge in [-0.3, -0.25) is 0 Å². The lowest BCUT2D eigenvalue weighted by Gasteiger charge is -2.05. The number of carbonyl (C=O) groups is 1. The molecular formula is C14H13NO3S. The van der Waals surface area contributed by atoms with Crippen LogP contribution >= 0.6 is 11.3 Å². The fourth-order valence-electron chi connectivity index (χ4n) is 1.65. The first kappa shape index (κ1) is 13.3. The van der Waals surface area contributed by atoms with Crippen LogP contribution in [0, 0.1) is 0 Å². The lowest BCUT2D eigenvalue weighted by atomic mass is 10.1. The highest BCUT2D eigenvalue weighted by atomic mass is 32.1. The molecule has 0 aliphatic carbocycles. The molecule has 1 aromatic heterocycles. The van der Waals surface area contributed by atoms with E-state index < -0.39 is 5.97 Å². The van der Waals surface area contributed by atoms with Crippen LogP contribution in [0.2, 0.25) is 0 Å². The zero-order valence-electron chi connectivity index (χ0n) is 10.4. The molecule has 1 N–H and O–H groups in total. The minimum atomic E-state index is -0.959. The number of carboxylic acid groups (broad SMARTS) is 1. The molecule has 0 saturated carbocycles. The maximum atomic E-state index is 10.4. The molecule has 0 aliphatic heterocycles. The molecule has 0 radical (unpaired) electrons. The largest absolute Gasteiger partial charge is 0.496 e.